The molecule has 13 heavy (non-hydrogen) atoms. The van der Waals surface area contributed by atoms with Crippen molar-refractivity contribution in [2.45, 2.75) is 33.2 Å². The average molecular weight is 182 g/mol. The van der Waals surface area contributed by atoms with Crippen LogP contribution in [0, 0.1) is 0 Å². The van der Waals surface area contributed by atoms with E-state index in [0.29, 0.717) is 12.5 Å². The molecule has 0 aliphatic carbocycles. The summed E-state index contributed by atoms with van der Waals surface area (Å²) in [5.41, 5.74) is 1.03. The summed E-state index contributed by atoms with van der Waals surface area (Å²) < 4.78 is 1.71. The minimum absolute atomic E-state index is 0.0475. The molecular weight excluding hydrogens is 166 g/mol. The van der Waals surface area contributed by atoms with Crippen molar-refractivity contribution in [2.75, 3.05) is 0 Å². The zero-order chi connectivity index (χ0) is 10.0. The van der Waals surface area contributed by atoms with Crippen LogP contribution in [0.4, 0.5) is 0 Å². The van der Waals surface area contributed by atoms with Crippen LogP contribution in [0.5, 0.6) is 11.6 Å². The zero-order valence-electron chi connectivity index (χ0n) is 8.28. The molecule has 0 fully saturated rings. The Labute approximate surface area is 78.3 Å². The van der Waals surface area contributed by atoms with Gasteiger partial charge in [-0.15, -0.1) is 0 Å². The number of pyridine rings is 1. The quantitative estimate of drug-likeness (QED) is 0.681. The molecule has 3 nitrogen and oxygen atoms in total. The van der Waals surface area contributed by atoms with Crippen LogP contribution in [0.15, 0.2) is 12.1 Å². The van der Waals surface area contributed by atoms with Gasteiger partial charge in [0.1, 0.15) is 6.54 Å². The molecule has 1 aromatic rings. The van der Waals surface area contributed by atoms with Gasteiger partial charge in [0.15, 0.2) is 5.69 Å². The van der Waals surface area contributed by atoms with Crippen LogP contribution in [0.3, 0.4) is 0 Å². The first-order valence-corrected chi connectivity index (χ1v) is 4.52. The van der Waals surface area contributed by atoms with Gasteiger partial charge in [0.05, 0.1) is 0 Å². The number of hydrogen-bond donors (Lipinski definition) is 2. The minimum atomic E-state index is -0.0637. The molecule has 1 heterocycles. The second-order valence-corrected chi connectivity index (χ2v) is 3.37. The summed E-state index contributed by atoms with van der Waals surface area (Å²) in [5, 5.41) is 18.8. The zero-order valence-corrected chi connectivity index (χ0v) is 8.28. The first kappa shape index (κ1) is 9.84. The maximum Gasteiger partial charge on any atom is 0.408 e. The lowest BCUT2D eigenvalue weighted by molar-refractivity contribution is -0.707. The third-order valence-corrected chi connectivity index (χ3v) is 2.12. The predicted molar refractivity (Wildman–Crippen MR) is 49.7 cm³/mol. The molecule has 3 heteroatoms. The largest absolute Gasteiger partial charge is 0.500 e. The third-order valence-electron chi connectivity index (χ3n) is 2.12. The summed E-state index contributed by atoms with van der Waals surface area (Å²) in [5.74, 6) is 0.228. The second kappa shape index (κ2) is 3.64. The Hall–Kier alpha value is -1.25. The van der Waals surface area contributed by atoms with Crippen molar-refractivity contribution in [2.24, 2.45) is 0 Å². The van der Waals surface area contributed by atoms with Gasteiger partial charge in [0.25, 0.3) is 0 Å². The van der Waals surface area contributed by atoms with Crippen molar-refractivity contribution in [3.63, 3.8) is 0 Å². The summed E-state index contributed by atoms with van der Waals surface area (Å²) in [4.78, 5) is 0. The molecule has 0 atom stereocenters. The van der Waals surface area contributed by atoms with Gasteiger partial charge in [-0.3, -0.25) is 0 Å². The SMILES string of the molecule is CC[n+]1c(C(C)C)ccc(O)c1O. The van der Waals surface area contributed by atoms with Gasteiger partial charge < -0.3 is 10.2 Å². The van der Waals surface area contributed by atoms with Gasteiger partial charge in [0.2, 0.25) is 5.75 Å². The van der Waals surface area contributed by atoms with Crippen molar-refractivity contribution in [3.05, 3.63) is 17.8 Å². The summed E-state index contributed by atoms with van der Waals surface area (Å²) in [6, 6.07) is 3.36. The van der Waals surface area contributed by atoms with Crippen LogP contribution < -0.4 is 4.57 Å². The second-order valence-electron chi connectivity index (χ2n) is 3.37. The molecule has 0 aliphatic rings. The Morgan fingerprint density at radius 1 is 1.31 bits per heavy atom. The number of rotatable bonds is 2. The highest BCUT2D eigenvalue weighted by Gasteiger charge is 2.20. The molecule has 0 saturated carbocycles. The van der Waals surface area contributed by atoms with E-state index < -0.39 is 0 Å². The van der Waals surface area contributed by atoms with E-state index >= 15 is 0 Å². The van der Waals surface area contributed by atoms with Crippen molar-refractivity contribution in [1.29, 1.82) is 0 Å². The molecule has 1 rings (SSSR count). The van der Waals surface area contributed by atoms with Gasteiger partial charge in [-0.05, 0) is 13.0 Å². The lowest BCUT2D eigenvalue weighted by Gasteiger charge is -2.06. The Kier molecular flexibility index (Phi) is 2.76. The molecule has 72 valence electrons. The van der Waals surface area contributed by atoms with Crippen molar-refractivity contribution in [3.8, 4) is 11.6 Å². The highest BCUT2D eigenvalue weighted by molar-refractivity contribution is 5.27. The van der Waals surface area contributed by atoms with Crippen LogP contribution in [-0.4, -0.2) is 10.2 Å². The van der Waals surface area contributed by atoms with E-state index in [1.54, 1.807) is 4.57 Å². The van der Waals surface area contributed by atoms with E-state index in [9.17, 15) is 10.2 Å². The van der Waals surface area contributed by atoms with Crippen LogP contribution >= 0.6 is 0 Å². The summed E-state index contributed by atoms with van der Waals surface area (Å²) >= 11 is 0. The van der Waals surface area contributed by atoms with Crippen LogP contribution in [0.2, 0.25) is 0 Å². The van der Waals surface area contributed by atoms with E-state index in [-0.39, 0.29) is 11.6 Å². The van der Waals surface area contributed by atoms with Gasteiger partial charge in [-0.2, -0.15) is 4.57 Å². The Morgan fingerprint density at radius 3 is 2.38 bits per heavy atom. The summed E-state index contributed by atoms with van der Waals surface area (Å²) in [7, 11) is 0. The van der Waals surface area contributed by atoms with Crippen LogP contribution in [0.1, 0.15) is 32.4 Å². The molecular formula is C10H16NO2+. The lowest BCUT2D eigenvalue weighted by Crippen LogP contribution is -2.37. The van der Waals surface area contributed by atoms with E-state index in [1.165, 1.54) is 6.07 Å². The number of aromatic nitrogens is 1. The monoisotopic (exact) mass is 182 g/mol. The smallest absolute Gasteiger partial charge is 0.408 e. The normalized spacial score (nSPS) is 10.8. The van der Waals surface area contributed by atoms with Gasteiger partial charge >= 0.3 is 5.88 Å². The molecule has 0 radical (unpaired) electrons. The fourth-order valence-corrected chi connectivity index (χ4v) is 1.43. The molecule has 0 unspecified atom stereocenters. The molecule has 0 amide bonds. The summed E-state index contributed by atoms with van der Waals surface area (Å²) in [6.07, 6.45) is 0. The Morgan fingerprint density at radius 2 is 1.92 bits per heavy atom. The Bertz CT molecular complexity index is 308. The van der Waals surface area contributed by atoms with Gasteiger partial charge in [-0.1, -0.05) is 13.8 Å². The maximum atomic E-state index is 9.54. The molecule has 0 spiro atoms. The predicted octanol–water partition coefficient (Wildman–Crippen LogP) is 1.53. The standard InChI is InChI=1S/C10H15NO2/c1-4-11-8(7(2)3)5-6-9(12)10(11)13/h5-7,12H,4H2,1-3H3/p+1. The third kappa shape index (κ3) is 1.74. The van der Waals surface area contributed by atoms with E-state index in [0.717, 1.165) is 5.69 Å². The summed E-state index contributed by atoms with van der Waals surface area (Å²) in [6.45, 7) is 6.70. The van der Waals surface area contributed by atoms with Gasteiger partial charge in [0, 0.05) is 12.0 Å². The average Bonchev–Trinajstić information content (AvgIpc) is 2.09. The maximum absolute atomic E-state index is 9.54. The molecule has 1 aromatic heterocycles. The number of aromatic hydroxyl groups is 2. The minimum Gasteiger partial charge on any atom is -0.500 e. The van der Waals surface area contributed by atoms with Crippen molar-refractivity contribution >= 4 is 0 Å². The van der Waals surface area contributed by atoms with E-state index in [4.69, 9.17) is 0 Å². The number of nitrogens with zero attached hydrogens (tertiary/aromatic N) is 1. The Balaban J connectivity index is 3.30. The highest BCUT2D eigenvalue weighted by atomic mass is 16.3. The van der Waals surface area contributed by atoms with E-state index in [2.05, 4.69) is 13.8 Å². The molecule has 0 bridgehead atoms. The van der Waals surface area contributed by atoms with Gasteiger partial charge in [-0.25, -0.2) is 0 Å². The number of hydrogen-bond acceptors (Lipinski definition) is 2. The first-order valence-electron chi connectivity index (χ1n) is 4.52. The lowest BCUT2D eigenvalue weighted by atomic mass is 10.1. The van der Waals surface area contributed by atoms with E-state index in [1.807, 2.05) is 13.0 Å². The molecule has 0 saturated heterocycles. The highest BCUT2D eigenvalue weighted by Crippen LogP contribution is 2.22. The van der Waals surface area contributed by atoms with Crippen molar-refractivity contribution < 1.29 is 14.8 Å². The fraction of sp³-hybridized carbons (Fsp3) is 0.500. The topological polar surface area (TPSA) is 44.3 Å². The molecule has 0 aromatic carbocycles. The molecule has 2 N–H and O–H groups in total. The molecule has 0 aliphatic heterocycles. The fourth-order valence-electron chi connectivity index (χ4n) is 1.43. The van der Waals surface area contributed by atoms with Crippen LogP contribution in [0.25, 0.3) is 0 Å². The first-order chi connectivity index (χ1) is 6.07. The van der Waals surface area contributed by atoms with Crippen LogP contribution in [-0.2, 0) is 6.54 Å². The van der Waals surface area contributed by atoms with Crippen molar-refractivity contribution in [1.82, 2.24) is 0 Å².